The van der Waals surface area contributed by atoms with Crippen LogP contribution in [0, 0.1) is 13.8 Å². The van der Waals surface area contributed by atoms with Crippen LogP contribution in [0.25, 0.3) is 11.2 Å². The van der Waals surface area contributed by atoms with Crippen molar-refractivity contribution in [1.82, 2.24) is 19.5 Å². The van der Waals surface area contributed by atoms with Gasteiger partial charge in [-0.05, 0) is 49.6 Å². The summed E-state index contributed by atoms with van der Waals surface area (Å²) in [4.78, 5) is 6.83. The van der Waals surface area contributed by atoms with Crippen molar-refractivity contribution in [3.8, 4) is 5.75 Å². The first-order valence-corrected chi connectivity index (χ1v) is 9.61. The lowest BCUT2D eigenvalue weighted by Crippen LogP contribution is -2.32. The Morgan fingerprint density at radius 1 is 1.21 bits per heavy atom. The van der Waals surface area contributed by atoms with Crippen LogP contribution >= 0.6 is 0 Å². The van der Waals surface area contributed by atoms with Crippen molar-refractivity contribution in [2.24, 2.45) is 0 Å². The second-order valence-corrected chi connectivity index (χ2v) is 7.37. The molecule has 1 aromatic carbocycles. The highest BCUT2D eigenvalue weighted by Gasteiger charge is 2.19. The number of aliphatic hydroxyl groups is 1. The first-order chi connectivity index (χ1) is 13.5. The summed E-state index contributed by atoms with van der Waals surface area (Å²) in [6.45, 7) is 6.35. The molecule has 0 saturated carbocycles. The fourth-order valence-electron chi connectivity index (χ4n) is 3.75. The van der Waals surface area contributed by atoms with Crippen molar-refractivity contribution in [3.63, 3.8) is 0 Å². The summed E-state index contributed by atoms with van der Waals surface area (Å²) in [6, 6.07) is 11.7. The van der Waals surface area contributed by atoms with Gasteiger partial charge in [0.2, 0.25) is 0 Å². The van der Waals surface area contributed by atoms with E-state index >= 15 is 0 Å². The number of ether oxygens (including phenoxy) is 1. The summed E-state index contributed by atoms with van der Waals surface area (Å²) >= 11 is 0. The number of hydrogen-bond acceptors (Lipinski definition) is 5. The molecule has 1 atom stereocenters. The van der Waals surface area contributed by atoms with Gasteiger partial charge in [0.1, 0.15) is 5.75 Å². The van der Waals surface area contributed by atoms with Crippen molar-refractivity contribution < 1.29 is 9.84 Å². The third-order valence-electron chi connectivity index (χ3n) is 5.27. The molecule has 1 unspecified atom stereocenters. The lowest BCUT2D eigenvalue weighted by Gasteiger charge is -2.28. The highest BCUT2D eigenvalue weighted by Crippen LogP contribution is 2.25. The zero-order valence-electron chi connectivity index (χ0n) is 16.6. The summed E-state index contributed by atoms with van der Waals surface area (Å²) in [7, 11) is 1.64. The SMILES string of the molecule is COc1cccc(C(O)CN2CC=C(c3cc4nc(C)cc(C)n4n3)CC2)c1. The van der Waals surface area contributed by atoms with Crippen LogP contribution in [-0.4, -0.2) is 51.3 Å². The van der Waals surface area contributed by atoms with E-state index in [1.165, 1.54) is 5.57 Å². The number of aromatic nitrogens is 3. The molecule has 0 amide bonds. The van der Waals surface area contributed by atoms with Gasteiger partial charge in [-0.15, -0.1) is 0 Å². The molecule has 0 saturated heterocycles. The van der Waals surface area contributed by atoms with Gasteiger partial charge in [-0.3, -0.25) is 4.90 Å². The number of rotatable bonds is 5. The highest BCUT2D eigenvalue weighted by atomic mass is 16.5. The van der Waals surface area contributed by atoms with Crippen molar-refractivity contribution in [2.75, 3.05) is 26.7 Å². The maximum atomic E-state index is 10.6. The van der Waals surface area contributed by atoms with E-state index < -0.39 is 6.10 Å². The molecule has 4 rings (SSSR count). The molecular weight excluding hydrogens is 352 g/mol. The Bertz CT molecular complexity index is 1020. The number of aryl methyl sites for hydroxylation is 2. The third kappa shape index (κ3) is 3.79. The van der Waals surface area contributed by atoms with E-state index in [0.717, 1.165) is 53.6 Å². The molecule has 0 bridgehead atoms. The number of hydrogen-bond donors (Lipinski definition) is 1. The maximum Gasteiger partial charge on any atom is 0.156 e. The Hall–Kier alpha value is -2.70. The second kappa shape index (κ2) is 7.73. The van der Waals surface area contributed by atoms with Crippen LogP contribution in [0.5, 0.6) is 5.75 Å². The van der Waals surface area contributed by atoms with Gasteiger partial charge in [-0.2, -0.15) is 5.10 Å². The molecule has 0 aliphatic carbocycles. The molecule has 0 radical (unpaired) electrons. The van der Waals surface area contributed by atoms with E-state index in [0.29, 0.717) is 6.54 Å². The summed E-state index contributed by atoms with van der Waals surface area (Å²) in [5.74, 6) is 0.767. The molecule has 146 valence electrons. The number of benzene rings is 1. The molecule has 0 spiro atoms. The average Bonchev–Trinajstić information content (AvgIpc) is 3.13. The minimum Gasteiger partial charge on any atom is -0.497 e. The predicted molar refractivity (Wildman–Crippen MR) is 109 cm³/mol. The fraction of sp³-hybridized carbons (Fsp3) is 0.364. The molecule has 3 aromatic rings. The number of fused-ring (bicyclic) bond motifs is 1. The van der Waals surface area contributed by atoms with E-state index in [2.05, 4.69) is 29.0 Å². The minimum atomic E-state index is -0.532. The van der Waals surface area contributed by atoms with Crippen molar-refractivity contribution >= 4 is 11.2 Å². The zero-order valence-corrected chi connectivity index (χ0v) is 16.6. The van der Waals surface area contributed by atoms with E-state index in [1.807, 2.05) is 41.8 Å². The van der Waals surface area contributed by atoms with Crippen LogP contribution in [0.3, 0.4) is 0 Å². The molecule has 28 heavy (non-hydrogen) atoms. The quantitative estimate of drug-likeness (QED) is 0.739. The van der Waals surface area contributed by atoms with E-state index in [-0.39, 0.29) is 0 Å². The van der Waals surface area contributed by atoms with Gasteiger partial charge < -0.3 is 9.84 Å². The molecule has 2 aromatic heterocycles. The molecule has 3 heterocycles. The summed E-state index contributed by atoms with van der Waals surface area (Å²) in [6.07, 6.45) is 2.59. The summed E-state index contributed by atoms with van der Waals surface area (Å²) < 4.78 is 7.16. The van der Waals surface area contributed by atoms with E-state index in [1.54, 1.807) is 7.11 Å². The Balaban J connectivity index is 1.45. The predicted octanol–water partition coefficient (Wildman–Crippen LogP) is 3.18. The first-order valence-electron chi connectivity index (χ1n) is 9.61. The van der Waals surface area contributed by atoms with Crippen LogP contribution in [0.1, 0.15) is 35.2 Å². The molecule has 0 fully saturated rings. The molecule has 1 aliphatic heterocycles. The van der Waals surface area contributed by atoms with Crippen LogP contribution in [0.2, 0.25) is 0 Å². The van der Waals surface area contributed by atoms with Crippen LogP contribution in [0.4, 0.5) is 0 Å². The normalized spacial score (nSPS) is 16.2. The van der Waals surface area contributed by atoms with E-state index in [4.69, 9.17) is 9.84 Å². The number of methoxy groups -OCH3 is 1. The van der Waals surface area contributed by atoms with Crippen LogP contribution in [-0.2, 0) is 0 Å². The Labute approximate surface area is 165 Å². The highest BCUT2D eigenvalue weighted by molar-refractivity contribution is 5.67. The molecule has 6 nitrogen and oxygen atoms in total. The van der Waals surface area contributed by atoms with Crippen molar-refractivity contribution in [1.29, 1.82) is 0 Å². The molecular formula is C22H26N4O2. The Kier molecular flexibility index (Phi) is 5.15. The third-order valence-corrected chi connectivity index (χ3v) is 5.27. The first kappa shape index (κ1) is 18.7. The lowest BCUT2D eigenvalue weighted by atomic mass is 10.0. The number of nitrogens with zero attached hydrogens (tertiary/aromatic N) is 4. The van der Waals surface area contributed by atoms with Crippen molar-refractivity contribution in [3.05, 3.63) is 65.1 Å². The van der Waals surface area contributed by atoms with Gasteiger partial charge in [-0.25, -0.2) is 9.50 Å². The monoisotopic (exact) mass is 378 g/mol. The molecule has 6 heteroatoms. The largest absolute Gasteiger partial charge is 0.497 e. The standard InChI is InChI=1S/C22H26N4O2/c1-15-11-16(2)26-22(23-15)13-20(24-26)17-7-9-25(10-8-17)14-21(27)18-5-4-6-19(12-18)28-3/h4-7,11-13,21,27H,8-10,14H2,1-3H3. The molecule has 1 N–H and O–H groups in total. The van der Waals surface area contributed by atoms with Crippen LogP contribution < -0.4 is 4.74 Å². The zero-order chi connectivity index (χ0) is 19.7. The average molecular weight is 378 g/mol. The van der Waals surface area contributed by atoms with Gasteiger partial charge >= 0.3 is 0 Å². The maximum absolute atomic E-state index is 10.6. The number of β-amino-alcohol motifs (C(OH)–C–C–N with tert-alkyl or cyclic N) is 1. The van der Waals surface area contributed by atoms with Gasteiger partial charge in [0.05, 0.1) is 18.9 Å². The Morgan fingerprint density at radius 3 is 2.82 bits per heavy atom. The smallest absolute Gasteiger partial charge is 0.156 e. The van der Waals surface area contributed by atoms with Gasteiger partial charge in [0.25, 0.3) is 0 Å². The Morgan fingerprint density at radius 2 is 2.07 bits per heavy atom. The topological polar surface area (TPSA) is 62.9 Å². The summed E-state index contributed by atoms with van der Waals surface area (Å²) in [5.41, 5.74) is 6.11. The van der Waals surface area contributed by atoms with Gasteiger partial charge in [0, 0.05) is 37.1 Å². The van der Waals surface area contributed by atoms with Gasteiger partial charge in [0.15, 0.2) is 5.65 Å². The lowest BCUT2D eigenvalue weighted by molar-refractivity contribution is 0.119. The minimum absolute atomic E-state index is 0.532. The second-order valence-electron chi connectivity index (χ2n) is 7.37. The summed E-state index contributed by atoms with van der Waals surface area (Å²) in [5, 5.41) is 15.3. The number of aliphatic hydroxyl groups excluding tert-OH is 1. The van der Waals surface area contributed by atoms with Gasteiger partial charge in [-0.1, -0.05) is 18.2 Å². The fourth-order valence-corrected chi connectivity index (χ4v) is 3.75. The van der Waals surface area contributed by atoms with E-state index in [9.17, 15) is 5.11 Å². The molecule has 1 aliphatic rings. The van der Waals surface area contributed by atoms with Crippen molar-refractivity contribution in [2.45, 2.75) is 26.4 Å². The van der Waals surface area contributed by atoms with Crippen LogP contribution in [0.15, 0.2) is 42.5 Å².